The van der Waals surface area contributed by atoms with Crippen molar-refractivity contribution in [3.63, 3.8) is 0 Å². The molecule has 0 saturated heterocycles. The lowest BCUT2D eigenvalue weighted by molar-refractivity contribution is -0.139. The highest BCUT2D eigenvalue weighted by Gasteiger charge is 2.47. The Bertz CT molecular complexity index is 308. The maximum absolute atomic E-state index is 12.4. The maximum Gasteiger partial charge on any atom is 0.227 e. The minimum absolute atomic E-state index is 0.216. The molecule has 2 aliphatic rings. The van der Waals surface area contributed by atoms with Crippen LogP contribution in [-0.4, -0.2) is 18.5 Å². The Morgan fingerprint density at radius 3 is 2.28 bits per heavy atom. The summed E-state index contributed by atoms with van der Waals surface area (Å²) in [5.74, 6) is 0.873. The Morgan fingerprint density at radius 2 is 1.83 bits per heavy atom. The summed E-state index contributed by atoms with van der Waals surface area (Å²) in [6, 6.07) is 0.379. The first-order valence-corrected chi connectivity index (χ1v) is 7.38. The van der Waals surface area contributed by atoms with E-state index in [0.717, 1.165) is 25.7 Å². The van der Waals surface area contributed by atoms with Gasteiger partial charge in [-0.05, 0) is 49.9 Å². The van der Waals surface area contributed by atoms with Gasteiger partial charge in [-0.3, -0.25) is 4.79 Å². The number of rotatable bonds is 3. The van der Waals surface area contributed by atoms with Crippen LogP contribution in [0.1, 0.15) is 59.3 Å². The van der Waals surface area contributed by atoms with Crippen LogP contribution in [-0.2, 0) is 4.79 Å². The molecule has 1 amide bonds. The van der Waals surface area contributed by atoms with Gasteiger partial charge in [0.1, 0.15) is 0 Å². The minimum atomic E-state index is -0.244. The van der Waals surface area contributed by atoms with Crippen LogP contribution in [0.25, 0.3) is 0 Å². The monoisotopic (exact) mass is 252 g/mol. The quantitative estimate of drug-likeness (QED) is 0.810. The summed E-state index contributed by atoms with van der Waals surface area (Å²) in [5.41, 5.74) is 6.03. The van der Waals surface area contributed by atoms with Crippen molar-refractivity contribution < 1.29 is 4.79 Å². The molecule has 0 atom stereocenters. The second kappa shape index (κ2) is 4.84. The van der Waals surface area contributed by atoms with Crippen molar-refractivity contribution in [2.75, 3.05) is 6.54 Å². The highest BCUT2D eigenvalue weighted by molar-refractivity contribution is 5.84. The topological polar surface area (TPSA) is 55.1 Å². The van der Waals surface area contributed by atoms with Gasteiger partial charge in [-0.25, -0.2) is 0 Å². The third-order valence-corrected chi connectivity index (χ3v) is 5.03. The first-order valence-electron chi connectivity index (χ1n) is 7.38. The van der Waals surface area contributed by atoms with E-state index in [0.29, 0.717) is 23.9 Å². The van der Waals surface area contributed by atoms with E-state index in [-0.39, 0.29) is 11.3 Å². The number of carbonyl (C=O) groups excluding carboxylic acids is 1. The van der Waals surface area contributed by atoms with E-state index in [2.05, 4.69) is 26.1 Å². The van der Waals surface area contributed by atoms with Gasteiger partial charge in [0, 0.05) is 12.6 Å². The largest absolute Gasteiger partial charge is 0.353 e. The molecule has 0 aromatic carbocycles. The SMILES string of the molecule is CC1CC(CN)(C(=O)NC2CCC(C)(C)CC2)C1. The molecule has 0 heterocycles. The number of nitrogens with two attached hydrogens (primary N) is 1. The summed E-state index contributed by atoms with van der Waals surface area (Å²) in [6.45, 7) is 7.34. The average Bonchev–Trinajstić information content (AvgIpc) is 2.27. The molecular formula is C15H28N2O. The predicted octanol–water partition coefficient (Wildman–Crippen LogP) is 2.45. The normalized spacial score (nSPS) is 35.9. The molecule has 2 aliphatic carbocycles. The molecule has 18 heavy (non-hydrogen) atoms. The average molecular weight is 252 g/mol. The van der Waals surface area contributed by atoms with Crippen LogP contribution in [0.4, 0.5) is 0 Å². The van der Waals surface area contributed by atoms with Crippen LogP contribution < -0.4 is 11.1 Å². The summed E-state index contributed by atoms with van der Waals surface area (Å²) < 4.78 is 0. The fraction of sp³-hybridized carbons (Fsp3) is 0.933. The molecule has 0 aromatic rings. The summed E-state index contributed by atoms with van der Waals surface area (Å²) in [6.07, 6.45) is 6.60. The Morgan fingerprint density at radius 1 is 1.28 bits per heavy atom. The van der Waals surface area contributed by atoms with Crippen molar-refractivity contribution in [2.24, 2.45) is 22.5 Å². The van der Waals surface area contributed by atoms with Gasteiger partial charge in [0.15, 0.2) is 0 Å². The molecule has 0 unspecified atom stereocenters. The van der Waals surface area contributed by atoms with E-state index < -0.39 is 0 Å². The molecule has 0 spiro atoms. The van der Waals surface area contributed by atoms with Crippen LogP contribution >= 0.6 is 0 Å². The zero-order chi connectivity index (χ0) is 13.4. The van der Waals surface area contributed by atoms with Crippen molar-refractivity contribution in [3.8, 4) is 0 Å². The third kappa shape index (κ3) is 2.71. The molecule has 0 aromatic heterocycles. The van der Waals surface area contributed by atoms with E-state index in [9.17, 15) is 4.79 Å². The lowest BCUT2D eigenvalue weighted by Gasteiger charge is -2.45. The van der Waals surface area contributed by atoms with Crippen molar-refractivity contribution >= 4 is 5.91 Å². The van der Waals surface area contributed by atoms with E-state index in [1.165, 1.54) is 12.8 Å². The van der Waals surface area contributed by atoms with Crippen LogP contribution in [0.15, 0.2) is 0 Å². The molecule has 2 fully saturated rings. The van der Waals surface area contributed by atoms with E-state index in [1.807, 2.05) is 0 Å². The Labute approximate surface area is 111 Å². The Balaban J connectivity index is 1.85. The molecule has 0 bridgehead atoms. The minimum Gasteiger partial charge on any atom is -0.353 e. The number of nitrogens with one attached hydrogen (secondary N) is 1. The second-order valence-corrected chi connectivity index (χ2v) is 7.41. The van der Waals surface area contributed by atoms with Crippen LogP contribution in [0.2, 0.25) is 0 Å². The van der Waals surface area contributed by atoms with E-state index >= 15 is 0 Å². The molecule has 0 radical (unpaired) electrons. The van der Waals surface area contributed by atoms with Gasteiger partial charge < -0.3 is 11.1 Å². The smallest absolute Gasteiger partial charge is 0.227 e. The summed E-state index contributed by atoms with van der Waals surface area (Å²) in [7, 11) is 0. The number of hydrogen-bond acceptors (Lipinski definition) is 2. The maximum atomic E-state index is 12.4. The second-order valence-electron chi connectivity index (χ2n) is 7.41. The fourth-order valence-electron chi connectivity index (χ4n) is 3.60. The molecule has 3 N–H and O–H groups in total. The molecule has 2 rings (SSSR count). The van der Waals surface area contributed by atoms with Gasteiger partial charge in [-0.15, -0.1) is 0 Å². The highest BCUT2D eigenvalue weighted by Crippen LogP contribution is 2.45. The van der Waals surface area contributed by atoms with Crippen molar-refractivity contribution in [1.29, 1.82) is 0 Å². The fourth-order valence-corrected chi connectivity index (χ4v) is 3.60. The van der Waals surface area contributed by atoms with E-state index in [1.54, 1.807) is 0 Å². The van der Waals surface area contributed by atoms with Crippen molar-refractivity contribution in [2.45, 2.75) is 65.3 Å². The number of hydrogen-bond donors (Lipinski definition) is 2. The molecule has 2 saturated carbocycles. The van der Waals surface area contributed by atoms with E-state index in [4.69, 9.17) is 5.73 Å². The Hall–Kier alpha value is -0.570. The predicted molar refractivity (Wildman–Crippen MR) is 74.1 cm³/mol. The van der Waals surface area contributed by atoms with Crippen molar-refractivity contribution in [1.82, 2.24) is 5.32 Å². The Kier molecular flexibility index (Phi) is 3.72. The van der Waals surface area contributed by atoms with Gasteiger partial charge in [0.25, 0.3) is 0 Å². The van der Waals surface area contributed by atoms with Gasteiger partial charge in [-0.1, -0.05) is 20.8 Å². The van der Waals surface area contributed by atoms with Crippen molar-refractivity contribution in [3.05, 3.63) is 0 Å². The highest BCUT2D eigenvalue weighted by atomic mass is 16.2. The van der Waals surface area contributed by atoms with Crippen LogP contribution in [0.3, 0.4) is 0 Å². The summed E-state index contributed by atoms with van der Waals surface area (Å²) in [5, 5.41) is 3.25. The molecular weight excluding hydrogens is 224 g/mol. The van der Waals surface area contributed by atoms with Gasteiger partial charge in [-0.2, -0.15) is 0 Å². The zero-order valence-corrected chi connectivity index (χ0v) is 12.1. The summed E-state index contributed by atoms with van der Waals surface area (Å²) in [4.78, 5) is 12.4. The zero-order valence-electron chi connectivity index (χ0n) is 12.1. The molecule has 104 valence electrons. The lowest BCUT2D eigenvalue weighted by Crippen LogP contribution is -2.55. The molecule has 0 aliphatic heterocycles. The van der Waals surface area contributed by atoms with Crippen LogP contribution in [0, 0.1) is 16.7 Å². The number of carbonyl (C=O) groups is 1. The van der Waals surface area contributed by atoms with Crippen LogP contribution in [0.5, 0.6) is 0 Å². The lowest BCUT2D eigenvalue weighted by atomic mass is 9.62. The van der Waals surface area contributed by atoms with Gasteiger partial charge in [0.2, 0.25) is 5.91 Å². The van der Waals surface area contributed by atoms with Gasteiger partial charge in [0.05, 0.1) is 5.41 Å². The third-order valence-electron chi connectivity index (χ3n) is 5.03. The first-order chi connectivity index (χ1) is 8.37. The molecule has 3 nitrogen and oxygen atoms in total. The number of amides is 1. The van der Waals surface area contributed by atoms with Gasteiger partial charge >= 0.3 is 0 Å². The summed E-state index contributed by atoms with van der Waals surface area (Å²) >= 11 is 0. The first kappa shape index (κ1) is 13.9. The standard InChI is InChI=1S/C15H28N2O/c1-11-8-15(9-11,10-16)13(18)17-12-4-6-14(2,3)7-5-12/h11-12H,4-10,16H2,1-3H3,(H,17,18). The molecule has 3 heteroatoms.